The van der Waals surface area contributed by atoms with Gasteiger partial charge >= 0.3 is 0 Å². The summed E-state index contributed by atoms with van der Waals surface area (Å²) < 4.78 is 46.1. The largest absolute Gasteiger partial charge is 0.296 e. The van der Waals surface area contributed by atoms with Crippen molar-refractivity contribution in [1.29, 1.82) is 0 Å². The lowest BCUT2D eigenvalue weighted by Gasteiger charge is -2.03. The van der Waals surface area contributed by atoms with Gasteiger partial charge in [0.05, 0.1) is 6.20 Å². The maximum absolute atomic E-state index is 12.6. The highest BCUT2D eigenvalue weighted by molar-refractivity contribution is 8.15. The molecule has 0 spiro atoms. The molecule has 0 aliphatic heterocycles. The van der Waals surface area contributed by atoms with Crippen LogP contribution in [-0.2, 0) is 15.0 Å². The Morgan fingerprint density at radius 1 is 1.62 bits per heavy atom. The number of halogens is 3. The zero-order chi connectivity index (χ0) is 10.3. The fraction of sp³-hybridized carbons (Fsp3) is 0.400. The molecule has 3 nitrogen and oxygen atoms in total. The lowest BCUT2D eigenvalue weighted by atomic mass is 10.4. The van der Waals surface area contributed by atoms with Crippen molar-refractivity contribution in [1.82, 2.24) is 4.98 Å². The van der Waals surface area contributed by atoms with Crippen LogP contribution in [0.4, 0.5) is 8.78 Å². The average molecular weight is 248 g/mol. The molecule has 1 heterocycles. The molecule has 0 saturated heterocycles. The molecule has 1 aromatic heterocycles. The van der Waals surface area contributed by atoms with E-state index in [1.165, 1.54) is 0 Å². The fourth-order valence-electron chi connectivity index (χ4n) is 0.575. The highest BCUT2D eigenvalue weighted by atomic mass is 35.7. The Kier molecular flexibility index (Phi) is 2.61. The van der Waals surface area contributed by atoms with E-state index in [9.17, 15) is 17.2 Å². The minimum Gasteiger partial charge on any atom is -0.242 e. The number of alkyl halides is 2. The highest BCUT2D eigenvalue weighted by Crippen LogP contribution is 2.33. The van der Waals surface area contributed by atoms with Crippen LogP contribution in [0.15, 0.2) is 10.4 Å². The van der Waals surface area contributed by atoms with Crippen LogP contribution in [0.3, 0.4) is 0 Å². The van der Waals surface area contributed by atoms with Gasteiger partial charge in [-0.25, -0.2) is 13.4 Å². The van der Waals surface area contributed by atoms with Gasteiger partial charge in [0.1, 0.15) is 0 Å². The number of nitrogens with zero attached hydrogens (tertiary/aromatic N) is 1. The Hall–Kier alpha value is -0.270. The van der Waals surface area contributed by atoms with E-state index in [0.29, 0.717) is 18.3 Å². The molecule has 0 bridgehead atoms. The Bertz CT molecular complexity index is 408. The monoisotopic (exact) mass is 247 g/mol. The molecule has 0 aromatic carbocycles. The van der Waals surface area contributed by atoms with Gasteiger partial charge in [0.25, 0.3) is 15.0 Å². The normalized spacial score (nSPS) is 13.2. The summed E-state index contributed by atoms with van der Waals surface area (Å²) in [4.78, 5) is 3.26. The van der Waals surface area contributed by atoms with Gasteiger partial charge in [0, 0.05) is 17.6 Å². The molecule has 74 valence electrons. The summed E-state index contributed by atoms with van der Waals surface area (Å²) in [6.07, 6.45) is 0.819. The third-order valence-corrected chi connectivity index (χ3v) is 4.33. The van der Waals surface area contributed by atoms with Gasteiger partial charge in [0.2, 0.25) is 0 Å². The van der Waals surface area contributed by atoms with Gasteiger partial charge in [-0.15, -0.1) is 0 Å². The molecular formula is C5H4ClF2NO2S2. The molecule has 0 N–H and O–H groups in total. The van der Waals surface area contributed by atoms with Crippen molar-refractivity contribution in [2.24, 2.45) is 0 Å². The lowest BCUT2D eigenvalue weighted by Crippen LogP contribution is -2.05. The number of hydrogen-bond donors (Lipinski definition) is 0. The van der Waals surface area contributed by atoms with Crippen molar-refractivity contribution in [3.8, 4) is 0 Å². The zero-order valence-electron chi connectivity index (χ0n) is 6.29. The predicted molar refractivity (Wildman–Crippen MR) is 44.7 cm³/mol. The molecule has 13 heavy (non-hydrogen) atoms. The SMILES string of the molecule is CC(F)(F)c1ncc(S(=O)(=O)Cl)s1. The first kappa shape index (κ1) is 10.8. The van der Waals surface area contributed by atoms with Crippen LogP contribution >= 0.6 is 22.0 Å². The van der Waals surface area contributed by atoms with Crippen LogP contribution in [0.25, 0.3) is 0 Å². The van der Waals surface area contributed by atoms with E-state index in [-0.39, 0.29) is 4.21 Å². The van der Waals surface area contributed by atoms with Crippen LogP contribution in [-0.4, -0.2) is 13.4 Å². The summed E-state index contributed by atoms with van der Waals surface area (Å²) in [6.45, 7) is 0.635. The molecule has 1 aromatic rings. The topological polar surface area (TPSA) is 47.0 Å². The summed E-state index contributed by atoms with van der Waals surface area (Å²) in [5.74, 6) is -3.13. The minimum atomic E-state index is -3.95. The van der Waals surface area contributed by atoms with Gasteiger partial charge in [0.15, 0.2) is 9.22 Å². The van der Waals surface area contributed by atoms with E-state index in [2.05, 4.69) is 4.98 Å². The number of aromatic nitrogens is 1. The van der Waals surface area contributed by atoms with Crippen molar-refractivity contribution in [3.05, 3.63) is 11.2 Å². The van der Waals surface area contributed by atoms with Gasteiger partial charge in [-0.2, -0.15) is 8.78 Å². The molecule has 0 aliphatic rings. The third-order valence-electron chi connectivity index (χ3n) is 1.10. The van der Waals surface area contributed by atoms with Crippen molar-refractivity contribution < 1.29 is 17.2 Å². The molecule has 8 heteroatoms. The highest BCUT2D eigenvalue weighted by Gasteiger charge is 2.30. The standard InChI is InChI=1S/C5H4ClF2NO2S2/c1-5(7,8)4-9-2-3(12-4)13(6,10)11/h2H,1H3. The van der Waals surface area contributed by atoms with Crippen LogP contribution in [0.2, 0.25) is 0 Å². The quantitative estimate of drug-likeness (QED) is 0.753. The van der Waals surface area contributed by atoms with Gasteiger partial charge in [-0.1, -0.05) is 11.3 Å². The average Bonchev–Trinajstić information content (AvgIpc) is 2.28. The van der Waals surface area contributed by atoms with Crippen LogP contribution < -0.4 is 0 Å². The van der Waals surface area contributed by atoms with Crippen molar-refractivity contribution in [2.75, 3.05) is 0 Å². The second-order valence-corrected chi connectivity index (χ2v) is 6.13. The molecule has 0 saturated carbocycles. The summed E-state index contributed by atoms with van der Waals surface area (Å²) in [7, 11) is 0.972. The molecule has 0 fully saturated rings. The third kappa shape index (κ3) is 2.58. The maximum Gasteiger partial charge on any atom is 0.296 e. The van der Waals surface area contributed by atoms with E-state index < -0.39 is 20.0 Å². The van der Waals surface area contributed by atoms with Crippen LogP contribution in [0.1, 0.15) is 11.9 Å². The molecular weight excluding hydrogens is 244 g/mol. The van der Waals surface area contributed by atoms with Gasteiger partial charge < -0.3 is 0 Å². The summed E-state index contributed by atoms with van der Waals surface area (Å²) in [6, 6.07) is 0. The molecule has 0 amide bonds. The Labute approximate surface area is 81.8 Å². The molecule has 0 unspecified atom stereocenters. The van der Waals surface area contributed by atoms with Crippen LogP contribution in [0.5, 0.6) is 0 Å². The first-order valence-electron chi connectivity index (χ1n) is 3.00. The molecule has 0 atom stereocenters. The number of thiazole rings is 1. The minimum absolute atomic E-state index is 0.366. The molecule has 0 radical (unpaired) electrons. The number of hydrogen-bond acceptors (Lipinski definition) is 4. The summed E-state index contributed by atoms with van der Waals surface area (Å²) >= 11 is 0.366. The fourth-order valence-corrected chi connectivity index (χ4v) is 2.37. The van der Waals surface area contributed by atoms with E-state index in [1.807, 2.05) is 0 Å². The van der Waals surface area contributed by atoms with Crippen molar-refractivity contribution in [2.45, 2.75) is 17.1 Å². The lowest BCUT2D eigenvalue weighted by molar-refractivity contribution is 0.0172. The van der Waals surface area contributed by atoms with Crippen LogP contribution in [0, 0.1) is 0 Å². The summed E-state index contributed by atoms with van der Waals surface area (Å²) in [5.41, 5.74) is 0. The Morgan fingerprint density at radius 2 is 2.15 bits per heavy atom. The van der Waals surface area contributed by atoms with Gasteiger partial charge in [-0.3, -0.25) is 0 Å². The molecule has 1 rings (SSSR count). The van der Waals surface area contributed by atoms with E-state index >= 15 is 0 Å². The summed E-state index contributed by atoms with van der Waals surface area (Å²) in [5, 5.41) is -0.563. The second kappa shape index (κ2) is 3.14. The smallest absolute Gasteiger partial charge is 0.242 e. The van der Waals surface area contributed by atoms with E-state index in [4.69, 9.17) is 10.7 Å². The first-order chi connectivity index (χ1) is 5.71. The van der Waals surface area contributed by atoms with E-state index in [0.717, 1.165) is 6.20 Å². The number of rotatable bonds is 2. The van der Waals surface area contributed by atoms with Gasteiger partial charge in [-0.05, 0) is 0 Å². The Morgan fingerprint density at radius 3 is 2.38 bits per heavy atom. The predicted octanol–water partition coefficient (Wildman–Crippen LogP) is 2.18. The Balaban J connectivity index is 3.16. The molecule has 0 aliphatic carbocycles. The van der Waals surface area contributed by atoms with Crippen molar-refractivity contribution in [3.63, 3.8) is 0 Å². The zero-order valence-corrected chi connectivity index (χ0v) is 8.68. The van der Waals surface area contributed by atoms with Crippen molar-refractivity contribution >= 4 is 31.1 Å². The van der Waals surface area contributed by atoms with E-state index in [1.54, 1.807) is 0 Å². The second-order valence-electron chi connectivity index (χ2n) is 2.31. The first-order valence-corrected chi connectivity index (χ1v) is 6.12. The maximum atomic E-state index is 12.6.